The van der Waals surface area contributed by atoms with Gasteiger partial charge in [-0.25, -0.2) is 4.99 Å². The van der Waals surface area contributed by atoms with Crippen molar-refractivity contribution in [1.29, 1.82) is 0 Å². The third-order valence-electron chi connectivity index (χ3n) is 4.34. The maximum Gasteiger partial charge on any atom is 0.240 e. The van der Waals surface area contributed by atoms with E-state index in [2.05, 4.69) is 17.2 Å². The number of ketones is 2. The average Bonchev–Trinajstić information content (AvgIpc) is 3.01. The van der Waals surface area contributed by atoms with E-state index in [1.165, 1.54) is 24.2 Å². The van der Waals surface area contributed by atoms with E-state index in [9.17, 15) is 14.4 Å². The molecule has 1 saturated heterocycles. The van der Waals surface area contributed by atoms with Gasteiger partial charge in [0, 0.05) is 17.5 Å². The zero-order chi connectivity index (χ0) is 19.4. The Morgan fingerprint density at radius 1 is 1.04 bits per heavy atom. The molecule has 1 heterocycles. The minimum atomic E-state index is -0.487. The summed E-state index contributed by atoms with van der Waals surface area (Å²) in [5, 5.41) is 2.70. The van der Waals surface area contributed by atoms with Crippen molar-refractivity contribution in [3.05, 3.63) is 65.2 Å². The van der Waals surface area contributed by atoms with Crippen LogP contribution in [0.15, 0.2) is 53.5 Å². The standard InChI is InChI=1S/C21H20N2O3S/c1-3-14-4-6-16(7-5-14)18(25)12-19-20(26)23-21(27-19)22-17-10-8-15(9-11-17)13(2)24/h4-11,19H,3,12H2,1-2H3,(H,22,23,26)/t19-/m1/s1. The fourth-order valence-corrected chi connectivity index (χ4v) is 3.68. The lowest BCUT2D eigenvalue weighted by Crippen LogP contribution is -2.26. The van der Waals surface area contributed by atoms with Gasteiger partial charge in [-0.2, -0.15) is 0 Å². The Labute approximate surface area is 162 Å². The van der Waals surface area contributed by atoms with Gasteiger partial charge in [0.05, 0.1) is 10.9 Å². The molecule has 0 unspecified atom stereocenters. The van der Waals surface area contributed by atoms with E-state index in [4.69, 9.17) is 0 Å². The summed E-state index contributed by atoms with van der Waals surface area (Å²) < 4.78 is 0. The molecule has 0 radical (unpaired) electrons. The van der Waals surface area contributed by atoms with Gasteiger partial charge in [-0.15, -0.1) is 0 Å². The number of amides is 1. The monoisotopic (exact) mass is 380 g/mol. The minimum absolute atomic E-state index is 0.0108. The van der Waals surface area contributed by atoms with Crippen LogP contribution in [0.5, 0.6) is 0 Å². The van der Waals surface area contributed by atoms with Gasteiger partial charge in [-0.1, -0.05) is 43.0 Å². The highest BCUT2D eigenvalue weighted by atomic mass is 32.2. The van der Waals surface area contributed by atoms with Crippen LogP contribution in [0, 0.1) is 0 Å². The van der Waals surface area contributed by atoms with Crippen LogP contribution in [0.3, 0.4) is 0 Å². The SMILES string of the molecule is CCc1ccc(C(=O)C[C@H]2SC(=Nc3ccc(C(C)=O)cc3)NC2=O)cc1. The Balaban J connectivity index is 1.65. The highest BCUT2D eigenvalue weighted by Gasteiger charge is 2.32. The van der Waals surface area contributed by atoms with E-state index in [1.807, 2.05) is 24.3 Å². The van der Waals surface area contributed by atoms with Crippen LogP contribution in [-0.4, -0.2) is 27.9 Å². The number of hydrogen-bond donors (Lipinski definition) is 1. The summed E-state index contributed by atoms with van der Waals surface area (Å²) in [6.45, 7) is 3.57. The van der Waals surface area contributed by atoms with Crippen molar-refractivity contribution in [2.45, 2.75) is 31.9 Å². The molecule has 5 nitrogen and oxygen atoms in total. The largest absolute Gasteiger partial charge is 0.304 e. The van der Waals surface area contributed by atoms with Gasteiger partial charge in [0.1, 0.15) is 0 Å². The number of nitrogens with one attached hydrogen (secondary N) is 1. The van der Waals surface area contributed by atoms with Crippen LogP contribution in [0.4, 0.5) is 5.69 Å². The number of carbonyl (C=O) groups is 3. The second-order valence-electron chi connectivity index (χ2n) is 6.29. The molecule has 6 heteroatoms. The van der Waals surface area contributed by atoms with E-state index in [-0.39, 0.29) is 23.9 Å². The lowest BCUT2D eigenvalue weighted by molar-refractivity contribution is -0.118. The third kappa shape index (κ3) is 4.71. The molecule has 0 aromatic heterocycles. The van der Waals surface area contributed by atoms with Crippen molar-refractivity contribution in [3.63, 3.8) is 0 Å². The second kappa shape index (κ2) is 8.31. The molecule has 138 valence electrons. The predicted octanol–water partition coefficient (Wildman–Crippen LogP) is 3.94. The van der Waals surface area contributed by atoms with Gasteiger partial charge in [0.15, 0.2) is 16.7 Å². The van der Waals surface area contributed by atoms with Gasteiger partial charge in [0.2, 0.25) is 5.91 Å². The van der Waals surface area contributed by atoms with Crippen molar-refractivity contribution in [2.75, 3.05) is 0 Å². The molecule has 0 saturated carbocycles. The molecule has 0 spiro atoms. The number of aryl methyl sites for hydroxylation is 1. The highest BCUT2D eigenvalue weighted by Crippen LogP contribution is 2.26. The van der Waals surface area contributed by atoms with Crippen LogP contribution in [0.25, 0.3) is 0 Å². The van der Waals surface area contributed by atoms with Crippen LogP contribution in [-0.2, 0) is 11.2 Å². The van der Waals surface area contributed by atoms with E-state index < -0.39 is 5.25 Å². The van der Waals surface area contributed by atoms with Crippen LogP contribution < -0.4 is 5.32 Å². The van der Waals surface area contributed by atoms with Crippen molar-refractivity contribution < 1.29 is 14.4 Å². The van der Waals surface area contributed by atoms with Gasteiger partial charge in [0.25, 0.3) is 0 Å². The summed E-state index contributed by atoms with van der Waals surface area (Å²) in [4.78, 5) is 40.3. The number of hydrogen-bond acceptors (Lipinski definition) is 5. The van der Waals surface area contributed by atoms with Crippen molar-refractivity contribution >= 4 is 40.1 Å². The first kappa shape index (κ1) is 19.0. The first-order valence-corrected chi connectivity index (χ1v) is 9.63. The number of rotatable bonds is 6. The zero-order valence-corrected chi connectivity index (χ0v) is 16.0. The Morgan fingerprint density at radius 3 is 2.26 bits per heavy atom. The van der Waals surface area contributed by atoms with Crippen LogP contribution in [0.1, 0.15) is 46.5 Å². The van der Waals surface area contributed by atoms with Crippen LogP contribution >= 0.6 is 11.8 Å². The maximum atomic E-state index is 12.4. The number of Topliss-reactive ketones (excluding diaryl/α,β-unsaturated/α-hetero) is 2. The summed E-state index contributed by atoms with van der Waals surface area (Å²) in [5.41, 5.74) is 3.04. The molecule has 1 aliphatic rings. The first-order valence-electron chi connectivity index (χ1n) is 8.75. The lowest BCUT2D eigenvalue weighted by atomic mass is 10.0. The second-order valence-corrected chi connectivity index (χ2v) is 7.48. The van der Waals surface area contributed by atoms with Gasteiger partial charge < -0.3 is 5.32 Å². The topological polar surface area (TPSA) is 75.6 Å². The first-order chi connectivity index (χ1) is 13.0. The number of nitrogens with zero attached hydrogens (tertiary/aromatic N) is 1. The molecule has 1 atom stereocenters. The lowest BCUT2D eigenvalue weighted by Gasteiger charge is -2.05. The molecule has 2 aromatic carbocycles. The summed E-state index contributed by atoms with van der Waals surface area (Å²) in [7, 11) is 0. The summed E-state index contributed by atoms with van der Waals surface area (Å²) >= 11 is 1.26. The van der Waals surface area contributed by atoms with Crippen molar-refractivity contribution in [1.82, 2.24) is 5.32 Å². The van der Waals surface area contributed by atoms with Gasteiger partial charge in [-0.3, -0.25) is 14.4 Å². The molecule has 0 aliphatic carbocycles. The molecular formula is C21H20N2O3S. The number of benzene rings is 2. The summed E-state index contributed by atoms with van der Waals surface area (Å²) in [5.74, 6) is -0.279. The zero-order valence-electron chi connectivity index (χ0n) is 15.2. The molecule has 2 aromatic rings. The number of aliphatic imine (C=N–C) groups is 1. The van der Waals surface area contributed by atoms with Crippen LogP contribution in [0.2, 0.25) is 0 Å². The van der Waals surface area contributed by atoms with Gasteiger partial charge in [-0.05, 0) is 43.2 Å². The van der Waals surface area contributed by atoms with Crippen molar-refractivity contribution in [3.8, 4) is 0 Å². The fourth-order valence-electron chi connectivity index (χ4n) is 2.69. The number of amidine groups is 1. The van der Waals surface area contributed by atoms with E-state index >= 15 is 0 Å². The summed E-state index contributed by atoms with van der Waals surface area (Å²) in [6.07, 6.45) is 1.05. The molecule has 0 bridgehead atoms. The maximum absolute atomic E-state index is 12.4. The molecule has 27 heavy (non-hydrogen) atoms. The quantitative estimate of drug-likeness (QED) is 0.770. The van der Waals surface area contributed by atoms with E-state index in [1.54, 1.807) is 24.3 Å². The minimum Gasteiger partial charge on any atom is -0.304 e. The molecule has 3 rings (SSSR count). The van der Waals surface area contributed by atoms with E-state index in [0.29, 0.717) is 22.0 Å². The Hall–Kier alpha value is -2.73. The highest BCUT2D eigenvalue weighted by molar-refractivity contribution is 8.15. The molecule has 1 amide bonds. The Bertz CT molecular complexity index is 902. The third-order valence-corrected chi connectivity index (χ3v) is 5.42. The van der Waals surface area contributed by atoms with E-state index in [0.717, 1.165) is 6.42 Å². The smallest absolute Gasteiger partial charge is 0.240 e. The molecule has 1 fully saturated rings. The Morgan fingerprint density at radius 2 is 1.67 bits per heavy atom. The molecule has 1 N–H and O–H groups in total. The molecular weight excluding hydrogens is 360 g/mol. The van der Waals surface area contributed by atoms with Gasteiger partial charge >= 0.3 is 0 Å². The normalized spacial score (nSPS) is 17.8. The number of thioether (sulfide) groups is 1. The summed E-state index contributed by atoms with van der Waals surface area (Å²) in [6, 6.07) is 14.3. The fraction of sp³-hybridized carbons (Fsp3) is 0.238. The Kier molecular flexibility index (Phi) is 5.86. The van der Waals surface area contributed by atoms with Crippen molar-refractivity contribution in [2.24, 2.45) is 4.99 Å². The predicted molar refractivity (Wildman–Crippen MR) is 108 cm³/mol. The molecule has 1 aliphatic heterocycles. The average molecular weight is 380 g/mol. The number of carbonyl (C=O) groups excluding carboxylic acids is 3.